The molecule has 0 saturated heterocycles. The molecule has 96 valence electrons. The largest absolute Gasteiger partial charge is 0.489 e. The van der Waals surface area contributed by atoms with Gasteiger partial charge < -0.3 is 15.2 Å². The second-order valence-corrected chi connectivity index (χ2v) is 5.31. The van der Waals surface area contributed by atoms with Crippen LogP contribution in [-0.4, -0.2) is 18.8 Å². The summed E-state index contributed by atoms with van der Waals surface area (Å²) in [5, 5.41) is 0. The van der Waals surface area contributed by atoms with Gasteiger partial charge in [-0.05, 0) is 51.8 Å². The average Bonchev–Trinajstić information content (AvgIpc) is 2.13. The van der Waals surface area contributed by atoms with Gasteiger partial charge >= 0.3 is 0 Å². The molecule has 1 aromatic rings. The Morgan fingerprint density at radius 2 is 1.76 bits per heavy atom. The van der Waals surface area contributed by atoms with Crippen LogP contribution in [0.3, 0.4) is 0 Å². The van der Waals surface area contributed by atoms with Crippen LogP contribution >= 0.6 is 0 Å². The fourth-order valence-corrected chi connectivity index (χ4v) is 1.68. The highest BCUT2D eigenvalue weighted by Crippen LogP contribution is 2.27. The number of ether oxygens (including phenoxy) is 2. The third kappa shape index (κ3) is 4.65. The van der Waals surface area contributed by atoms with E-state index >= 15 is 0 Å². The van der Waals surface area contributed by atoms with Gasteiger partial charge in [-0.2, -0.15) is 0 Å². The van der Waals surface area contributed by atoms with Gasteiger partial charge in [-0.1, -0.05) is 6.07 Å². The highest BCUT2D eigenvalue weighted by Gasteiger charge is 2.10. The van der Waals surface area contributed by atoms with E-state index in [9.17, 15) is 0 Å². The van der Waals surface area contributed by atoms with Gasteiger partial charge in [0.2, 0.25) is 0 Å². The second kappa shape index (κ2) is 5.41. The van der Waals surface area contributed by atoms with Gasteiger partial charge in [-0.3, -0.25) is 0 Å². The van der Waals surface area contributed by atoms with Crippen LogP contribution in [0.5, 0.6) is 5.75 Å². The Kier molecular flexibility index (Phi) is 4.40. The normalized spacial score (nSPS) is 11.6. The first-order chi connectivity index (χ1) is 7.79. The Morgan fingerprint density at radius 3 is 2.29 bits per heavy atom. The summed E-state index contributed by atoms with van der Waals surface area (Å²) in [4.78, 5) is 0. The number of hydrogen-bond donors (Lipinski definition) is 1. The quantitative estimate of drug-likeness (QED) is 0.646. The minimum absolute atomic E-state index is 0.128. The SMILES string of the molecule is Cc1cc(C)c(OCCOC(C)(C)C)c(N)c1. The molecule has 0 amide bonds. The van der Waals surface area contributed by atoms with Crippen LogP contribution in [-0.2, 0) is 4.74 Å². The highest BCUT2D eigenvalue weighted by molar-refractivity contribution is 5.58. The predicted molar refractivity (Wildman–Crippen MR) is 71.5 cm³/mol. The first-order valence-corrected chi connectivity index (χ1v) is 5.93. The molecular weight excluding hydrogens is 214 g/mol. The fraction of sp³-hybridized carbons (Fsp3) is 0.571. The molecule has 2 N–H and O–H groups in total. The van der Waals surface area contributed by atoms with E-state index in [0.29, 0.717) is 18.9 Å². The molecule has 0 aliphatic carbocycles. The van der Waals surface area contributed by atoms with E-state index in [1.807, 2.05) is 40.7 Å². The van der Waals surface area contributed by atoms with Crippen molar-refractivity contribution in [3.63, 3.8) is 0 Å². The summed E-state index contributed by atoms with van der Waals surface area (Å²) < 4.78 is 11.3. The minimum atomic E-state index is -0.128. The maximum Gasteiger partial charge on any atom is 0.145 e. The molecule has 0 saturated carbocycles. The predicted octanol–water partition coefficient (Wildman–Crippen LogP) is 3.08. The zero-order valence-electron chi connectivity index (χ0n) is 11.5. The van der Waals surface area contributed by atoms with E-state index in [1.165, 1.54) is 0 Å². The van der Waals surface area contributed by atoms with Crippen molar-refractivity contribution < 1.29 is 9.47 Å². The molecule has 3 heteroatoms. The Hall–Kier alpha value is -1.22. The summed E-state index contributed by atoms with van der Waals surface area (Å²) in [5.41, 5.74) is 8.71. The molecule has 0 atom stereocenters. The van der Waals surface area contributed by atoms with Gasteiger partial charge in [-0.15, -0.1) is 0 Å². The molecule has 17 heavy (non-hydrogen) atoms. The molecule has 1 aromatic carbocycles. The number of rotatable bonds is 4. The molecular formula is C14H23NO2. The van der Waals surface area contributed by atoms with Gasteiger partial charge in [0.25, 0.3) is 0 Å². The molecule has 0 spiro atoms. The molecule has 0 aromatic heterocycles. The van der Waals surface area contributed by atoms with Gasteiger partial charge in [0.15, 0.2) is 0 Å². The zero-order valence-corrected chi connectivity index (χ0v) is 11.5. The minimum Gasteiger partial charge on any atom is -0.489 e. The lowest BCUT2D eigenvalue weighted by Gasteiger charge is -2.20. The van der Waals surface area contributed by atoms with Gasteiger partial charge in [0.05, 0.1) is 17.9 Å². The molecule has 0 fully saturated rings. The molecule has 3 nitrogen and oxygen atoms in total. The van der Waals surface area contributed by atoms with Gasteiger partial charge in [0, 0.05) is 0 Å². The standard InChI is InChI=1S/C14H23NO2/c1-10-8-11(2)13(12(15)9-10)16-6-7-17-14(3,4)5/h8-9H,6-7,15H2,1-5H3. The molecule has 0 bridgehead atoms. The number of hydrogen-bond acceptors (Lipinski definition) is 3. The van der Waals surface area contributed by atoms with Crippen LogP contribution in [0.1, 0.15) is 31.9 Å². The zero-order chi connectivity index (χ0) is 13.1. The topological polar surface area (TPSA) is 44.5 Å². The third-order valence-electron chi connectivity index (χ3n) is 2.31. The monoisotopic (exact) mass is 237 g/mol. The third-order valence-corrected chi connectivity index (χ3v) is 2.31. The highest BCUT2D eigenvalue weighted by atomic mass is 16.5. The summed E-state index contributed by atoms with van der Waals surface area (Å²) in [6, 6.07) is 3.99. The van der Waals surface area contributed by atoms with Crippen molar-refractivity contribution in [3.8, 4) is 5.75 Å². The van der Waals surface area contributed by atoms with E-state index in [2.05, 4.69) is 6.07 Å². The summed E-state index contributed by atoms with van der Waals surface area (Å²) in [5.74, 6) is 0.771. The summed E-state index contributed by atoms with van der Waals surface area (Å²) in [6.07, 6.45) is 0. The number of nitrogen functional groups attached to an aromatic ring is 1. The van der Waals surface area contributed by atoms with Crippen molar-refractivity contribution in [2.75, 3.05) is 18.9 Å². The summed E-state index contributed by atoms with van der Waals surface area (Å²) >= 11 is 0. The van der Waals surface area contributed by atoms with Crippen molar-refractivity contribution in [1.82, 2.24) is 0 Å². The Bertz CT molecular complexity index is 357. The number of benzene rings is 1. The lowest BCUT2D eigenvalue weighted by Crippen LogP contribution is -2.22. The van der Waals surface area contributed by atoms with E-state index in [-0.39, 0.29) is 5.60 Å². The lowest BCUT2D eigenvalue weighted by atomic mass is 10.1. The van der Waals surface area contributed by atoms with Crippen LogP contribution in [0.2, 0.25) is 0 Å². The Morgan fingerprint density at radius 1 is 1.12 bits per heavy atom. The Labute approximate surface area is 104 Å². The van der Waals surface area contributed by atoms with Crippen molar-refractivity contribution in [2.24, 2.45) is 0 Å². The smallest absolute Gasteiger partial charge is 0.145 e. The van der Waals surface area contributed by atoms with Crippen molar-refractivity contribution in [2.45, 2.75) is 40.2 Å². The van der Waals surface area contributed by atoms with Crippen molar-refractivity contribution >= 4 is 5.69 Å². The number of aryl methyl sites for hydroxylation is 2. The molecule has 0 unspecified atom stereocenters. The van der Waals surface area contributed by atoms with Crippen LogP contribution in [0.4, 0.5) is 5.69 Å². The molecule has 1 rings (SSSR count). The number of nitrogens with two attached hydrogens (primary N) is 1. The molecule has 0 radical (unpaired) electrons. The molecule has 0 heterocycles. The first kappa shape index (κ1) is 13.8. The fourth-order valence-electron chi connectivity index (χ4n) is 1.68. The van der Waals surface area contributed by atoms with Crippen LogP contribution in [0.15, 0.2) is 12.1 Å². The van der Waals surface area contributed by atoms with E-state index in [1.54, 1.807) is 0 Å². The molecule has 0 aliphatic rings. The van der Waals surface area contributed by atoms with E-state index < -0.39 is 0 Å². The van der Waals surface area contributed by atoms with Gasteiger partial charge in [0.1, 0.15) is 12.4 Å². The van der Waals surface area contributed by atoms with Crippen LogP contribution < -0.4 is 10.5 Å². The lowest BCUT2D eigenvalue weighted by molar-refractivity contribution is -0.0162. The maximum atomic E-state index is 5.92. The average molecular weight is 237 g/mol. The van der Waals surface area contributed by atoms with Crippen molar-refractivity contribution in [1.29, 1.82) is 0 Å². The first-order valence-electron chi connectivity index (χ1n) is 5.93. The summed E-state index contributed by atoms with van der Waals surface area (Å²) in [6.45, 7) is 11.2. The van der Waals surface area contributed by atoms with Crippen LogP contribution in [0, 0.1) is 13.8 Å². The maximum absolute atomic E-state index is 5.92. The van der Waals surface area contributed by atoms with Crippen LogP contribution in [0.25, 0.3) is 0 Å². The summed E-state index contributed by atoms with van der Waals surface area (Å²) in [7, 11) is 0. The second-order valence-electron chi connectivity index (χ2n) is 5.31. The number of anilines is 1. The molecule has 0 aliphatic heterocycles. The van der Waals surface area contributed by atoms with E-state index in [0.717, 1.165) is 16.9 Å². The van der Waals surface area contributed by atoms with Crippen molar-refractivity contribution in [3.05, 3.63) is 23.3 Å². The van der Waals surface area contributed by atoms with E-state index in [4.69, 9.17) is 15.2 Å². The van der Waals surface area contributed by atoms with Gasteiger partial charge in [-0.25, -0.2) is 0 Å². The Balaban J connectivity index is 2.53.